The van der Waals surface area contributed by atoms with Crippen LogP contribution in [0.2, 0.25) is 0 Å². The molecule has 0 unspecified atom stereocenters. The summed E-state index contributed by atoms with van der Waals surface area (Å²) >= 11 is 0. The summed E-state index contributed by atoms with van der Waals surface area (Å²) in [6, 6.07) is 6.00. The minimum absolute atomic E-state index is 0.523. The molecule has 0 spiro atoms. The van der Waals surface area contributed by atoms with Gasteiger partial charge in [0.15, 0.2) is 5.96 Å². The Morgan fingerprint density at radius 3 is 2.78 bits per heavy atom. The van der Waals surface area contributed by atoms with E-state index in [0.717, 1.165) is 60.4 Å². The highest BCUT2D eigenvalue weighted by molar-refractivity contribution is 5.88. The minimum atomic E-state index is 0.523. The lowest BCUT2D eigenvalue weighted by atomic mass is 10.2. The highest BCUT2D eigenvalue weighted by Gasteiger charge is 2.09. The zero-order valence-corrected chi connectivity index (χ0v) is 14.1. The van der Waals surface area contributed by atoms with Crippen LogP contribution in [0.25, 0.3) is 10.9 Å². The van der Waals surface area contributed by atoms with Crippen LogP contribution in [-0.4, -0.2) is 38.3 Å². The van der Waals surface area contributed by atoms with Gasteiger partial charge in [-0.25, -0.2) is 0 Å². The van der Waals surface area contributed by atoms with E-state index in [1.165, 1.54) is 0 Å². The first-order valence-corrected chi connectivity index (χ1v) is 7.95. The molecule has 0 saturated carbocycles. The average Bonchev–Trinajstić information content (AvgIpc) is 2.98. The van der Waals surface area contributed by atoms with Crippen molar-refractivity contribution in [2.45, 2.75) is 26.2 Å². The number of hydrogen-bond donors (Lipinski definition) is 3. The number of H-pyrrole nitrogens is 1. The maximum atomic E-state index is 5.77. The normalized spacial score (nSPS) is 11.7. The highest BCUT2D eigenvalue weighted by Crippen LogP contribution is 2.31. The number of nitrogens with zero attached hydrogens (tertiary/aromatic N) is 1. The second-order valence-electron chi connectivity index (χ2n) is 5.38. The molecule has 0 saturated heterocycles. The molecular weight excluding hydrogens is 292 g/mol. The molecule has 1 aromatic heterocycles. The third kappa shape index (κ3) is 4.55. The van der Waals surface area contributed by atoms with E-state index >= 15 is 0 Å². The van der Waals surface area contributed by atoms with Crippen LogP contribution in [0.4, 0.5) is 0 Å². The fourth-order valence-corrected chi connectivity index (χ4v) is 2.44. The molecule has 2 rings (SSSR count). The van der Waals surface area contributed by atoms with Crippen LogP contribution in [0.3, 0.4) is 0 Å². The van der Waals surface area contributed by atoms with Gasteiger partial charge in [0.25, 0.3) is 0 Å². The van der Waals surface area contributed by atoms with Gasteiger partial charge in [-0.05, 0) is 25.3 Å². The first-order valence-electron chi connectivity index (χ1n) is 7.95. The van der Waals surface area contributed by atoms with Gasteiger partial charge in [0.2, 0.25) is 0 Å². The van der Waals surface area contributed by atoms with Gasteiger partial charge in [-0.2, -0.15) is 0 Å². The van der Waals surface area contributed by atoms with Gasteiger partial charge in [0, 0.05) is 36.3 Å². The molecule has 0 fully saturated rings. The Kier molecular flexibility index (Phi) is 6.14. The summed E-state index contributed by atoms with van der Waals surface area (Å²) in [6.07, 6.45) is 2.89. The molecule has 1 aromatic carbocycles. The van der Waals surface area contributed by atoms with Crippen molar-refractivity contribution in [2.75, 3.05) is 27.3 Å². The van der Waals surface area contributed by atoms with E-state index in [9.17, 15) is 0 Å². The molecule has 6 heteroatoms. The first kappa shape index (κ1) is 17.0. The smallest absolute Gasteiger partial charge is 0.188 e. The van der Waals surface area contributed by atoms with Crippen LogP contribution in [0.1, 0.15) is 25.5 Å². The number of aliphatic imine (C=N–C) groups is 1. The Balaban J connectivity index is 1.96. The molecule has 6 nitrogen and oxygen atoms in total. The third-order valence-electron chi connectivity index (χ3n) is 3.62. The van der Waals surface area contributed by atoms with Crippen molar-refractivity contribution in [3.05, 3.63) is 23.9 Å². The maximum Gasteiger partial charge on any atom is 0.188 e. The number of nitrogens with one attached hydrogen (secondary N) is 2. The number of benzene rings is 1. The zero-order valence-electron chi connectivity index (χ0n) is 14.1. The van der Waals surface area contributed by atoms with Crippen molar-refractivity contribution in [3.8, 4) is 11.5 Å². The lowest BCUT2D eigenvalue weighted by Crippen LogP contribution is -2.32. The summed E-state index contributed by atoms with van der Waals surface area (Å²) < 4.78 is 10.7. The van der Waals surface area contributed by atoms with Gasteiger partial charge in [0.1, 0.15) is 11.5 Å². The van der Waals surface area contributed by atoms with Crippen molar-refractivity contribution in [1.29, 1.82) is 0 Å². The lowest BCUT2D eigenvalue weighted by molar-refractivity contribution is 0.398. The summed E-state index contributed by atoms with van der Waals surface area (Å²) in [7, 11) is 3.32. The predicted octanol–water partition coefficient (Wildman–Crippen LogP) is 2.43. The molecule has 0 aliphatic carbocycles. The number of aryl methyl sites for hydroxylation is 1. The zero-order chi connectivity index (χ0) is 16.7. The summed E-state index contributed by atoms with van der Waals surface area (Å²) in [5.41, 5.74) is 7.96. The minimum Gasteiger partial charge on any atom is -0.497 e. The van der Waals surface area contributed by atoms with Crippen LogP contribution >= 0.6 is 0 Å². The molecule has 0 bridgehead atoms. The average molecular weight is 318 g/mol. The molecule has 23 heavy (non-hydrogen) atoms. The molecule has 2 aromatic rings. The van der Waals surface area contributed by atoms with Gasteiger partial charge >= 0.3 is 0 Å². The monoisotopic (exact) mass is 318 g/mol. The molecule has 1 heterocycles. The van der Waals surface area contributed by atoms with E-state index in [-0.39, 0.29) is 0 Å². The van der Waals surface area contributed by atoms with E-state index < -0.39 is 0 Å². The maximum absolute atomic E-state index is 5.77. The summed E-state index contributed by atoms with van der Waals surface area (Å²) in [4.78, 5) is 7.63. The third-order valence-corrected chi connectivity index (χ3v) is 3.62. The molecule has 126 valence electrons. The van der Waals surface area contributed by atoms with Gasteiger partial charge in [-0.1, -0.05) is 6.92 Å². The highest BCUT2D eigenvalue weighted by atomic mass is 16.5. The molecule has 0 radical (unpaired) electrons. The quantitative estimate of drug-likeness (QED) is 0.396. The van der Waals surface area contributed by atoms with E-state index in [1.807, 2.05) is 12.1 Å². The number of hydrogen-bond acceptors (Lipinski definition) is 3. The number of fused-ring (bicyclic) bond motifs is 1. The Morgan fingerprint density at radius 2 is 2.09 bits per heavy atom. The van der Waals surface area contributed by atoms with Crippen molar-refractivity contribution < 1.29 is 9.47 Å². The summed E-state index contributed by atoms with van der Waals surface area (Å²) in [5, 5.41) is 4.20. The number of nitrogens with two attached hydrogens (primary N) is 1. The Bertz CT molecular complexity index is 664. The van der Waals surface area contributed by atoms with Crippen LogP contribution in [-0.2, 0) is 6.42 Å². The van der Waals surface area contributed by atoms with Crippen molar-refractivity contribution >= 4 is 16.9 Å². The van der Waals surface area contributed by atoms with Crippen molar-refractivity contribution in [1.82, 2.24) is 10.3 Å². The van der Waals surface area contributed by atoms with E-state index in [2.05, 4.69) is 28.3 Å². The standard InChI is InChI=1S/C17H26N4O2/c1-4-7-19-17(18)20-8-5-6-12-9-14-15(21-12)10-13(22-2)11-16(14)23-3/h9-11,21H,4-8H2,1-3H3,(H3,18,19,20). The topological polar surface area (TPSA) is 84.7 Å². The van der Waals surface area contributed by atoms with Gasteiger partial charge in [-0.15, -0.1) is 0 Å². The van der Waals surface area contributed by atoms with Gasteiger partial charge in [-0.3, -0.25) is 4.99 Å². The molecular formula is C17H26N4O2. The summed E-state index contributed by atoms with van der Waals surface area (Å²) in [6.45, 7) is 3.65. The molecule has 0 amide bonds. The van der Waals surface area contributed by atoms with Crippen LogP contribution in [0.15, 0.2) is 23.2 Å². The fraction of sp³-hybridized carbons (Fsp3) is 0.471. The molecule has 4 N–H and O–H groups in total. The van der Waals surface area contributed by atoms with Crippen molar-refractivity contribution in [3.63, 3.8) is 0 Å². The van der Waals surface area contributed by atoms with E-state index in [0.29, 0.717) is 5.96 Å². The van der Waals surface area contributed by atoms with E-state index in [1.54, 1.807) is 14.2 Å². The number of methoxy groups -OCH3 is 2. The van der Waals surface area contributed by atoms with Crippen LogP contribution in [0.5, 0.6) is 11.5 Å². The Labute approximate surface area is 137 Å². The lowest BCUT2D eigenvalue weighted by Gasteiger charge is -2.04. The van der Waals surface area contributed by atoms with Gasteiger partial charge < -0.3 is 25.5 Å². The van der Waals surface area contributed by atoms with E-state index in [4.69, 9.17) is 15.2 Å². The Morgan fingerprint density at radius 1 is 1.26 bits per heavy atom. The fourth-order valence-electron chi connectivity index (χ4n) is 2.44. The summed E-state index contributed by atoms with van der Waals surface area (Å²) in [5.74, 6) is 2.12. The molecule has 0 aliphatic rings. The molecule has 0 aliphatic heterocycles. The molecule has 0 atom stereocenters. The largest absolute Gasteiger partial charge is 0.497 e. The van der Waals surface area contributed by atoms with Crippen LogP contribution in [0, 0.1) is 0 Å². The van der Waals surface area contributed by atoms with Crippen LogP contribution < -0.4 is 20.5 Å². The number of aromatic nitrogens is 1. The first-order chi connectivity index (χ1) is 11.2. The number of ether oxygens (including phenoxy) is 2. The Hall–Kier alpha value is -2.37. The second-order valence-corrected chi connectivity index (χ2v) is 5.38. The number of aromatic amines is 1. The SMILES string of the molecule is CCCN=C(N)NCCCc1cc2c(OC)cc(OC)cc2[nH]1. The predicted molar refractivity (Wildman–Crippen MR) is 94.5 cm³/mol. The second kappa shape index (κ2) is 8.31. The van der Waals surface area contributed by atoms with Gasteiger partial charge in [0.05, 0.1) is 19.7 Å². The number of rotatable bonds is 8. The van der Waals surface area contributed by atoms with Crippen molar-refractivity contribution in [2.24, 2.45) is 10.7 Å². The number of guanidine groups is 1.